The van der Waals surface area contributed by atoms with Crippen molar-refractivity contribution in [3.05, 3.63) is 48.4 Å². The maximum absolute atomic E-state index is 5.61. The van der Waals surface area contributed by atoms with Gasteiger partial charge in [-0.15, -0.1) is 0 Å². The van der Waals surface area contributed by atoms with Gasteiger partial charge in [-0.2, -0.15) is 4.98 Å². The van der Waals surface area contributed by atoms with Gasteiger partial charge < -0.3 is 14.7 Å². The number of nitrogens with two attached hydrogens (primary N) is 1. The molecule has 0 atom stereocenters. The second-order valence-corrected chi connectivity index (χ2v) is 4.13. The maximum Gasteiger partial charge on any atom is 0.258 e. The molecule has 0 unspecified atom stereocenters. The van der Waals surface area contributed by atoms with Crippen molar-refractivity contribution in [2.24, 2.45) is 5.73 Å². The highest BCUT2D eigenvalue weighted by Gasteiger charge is 2.13. The monoisotopic (exact) mass is 255 g/mol. The predicted molar refractivity (Wildman–Crippen MR) is 70.2 cm³/mol. The van der Waals surface area contributed by atoms with Gasteiger partial charge >= 0.3 is 0 Å². The molecule has 5 heteroatoms. The molecule has 2 aromatic heterocycles. The first-order valence-electron chi connectivity index (χ1n) is 6.03. The molecule has 3 rings (SSSR count). The molecular weight excluding hydrogens is 242 g/mol. The SMILES string of the molecule is NCCc1ccccc1-c1nc(-c2ccoc2)no1. The molecule has 2 N–H and O–H groups in total. The molecule has 0 aliphatic heterocycles. The van der Waals surface area contributed by atoms with Gasteiger partial charge in [0.1, 0.15) is 6.26 Å². The second-order valence-electron chi connectivity index (χ2n) is 4.13. The van der Waals surface area contributed by atoms with Crippen molar-refractivity contribution in [1.29, 1.82) is 0 Å². The van der Waals surface area contributed by atoms with Crippen molar-refractivity contribution in [1.82, 2.24) is 10.1 Å². The first-order chi connectivity index (χ1) is 9.38. The largest absolute Gasteiger partial charge is 0.472 e. The summed E-state index contributed by atoms with van der Waals surface area (Å²) in [6.45, 7) is 0.583. The van der Waals surface area contributed by atoms with Crippen LogP contribution >= 0.6 is 0 Å². The molecule has 0 bridgehead atoms. The normalized spacial score (nSPS) is 10.8. The van der Waals surface area contributed by atoms with Crippen LogP contribution in [0.25, 0.3) is 22.8 Å². The summed E-state index contributed by atoms with van der Waals surface area (Å²) in [5, 5.41) is 3.96. The first-order valence-corrected chi connectivity index (χ1v) is 6.03. The van der Waals surface area contributed by atoms with Gasteiger partial charge in [0.05, 0.1) is 11.8 Å². The van der Waals surface area contributed by atoms with Gasteiger partial charge in [0.25, 0.3) is 5.89 Å². The topological polar surface area (TPSA) is 78.1 Å². The fourth-order valence-corrected chi connectivity index (χ4v) is 1.94. The number of furan rings is 1. The Morgan fingerprint density at radius 2 is 2.05 bits per heavy atom. The lowest BCUT2D eigenvalue weighted by Gasteiger charge is -2.03. The number of hydrogen-bond acceptors (Lipinski definition) is 5. The zero-order valence-corrected chi connectivity index (χ0v) is 10.2. The third-order valence-electron chi connectivity index (χ3n) is 2.87. The smallest absolute Gasteiger partial charge is 0.258 e. The Balaban J connectivity index is 1.99. The summed E-state index contributed by atoms with van der Waals surface area (Å²) in [6.07, 6.45) is 3.94. The van der Waals surface area contributed by atoms with Gasteiger partial charge in [-0.3, -0.25) is 0 Å². The number of benzene rings is 1. The van der Waals surface area contributed by atoms with E-state index in [-0.39, 0.29) is 0 Å². The van der Waals surface area contributed by atoms with Crippen LogP contribution in [0.15, 0.2) is 51.8 Å². The Hall–Kier alpha value is -2.40. The van der Waals surface area contributed by atoms with Gasteiger partial charge in [0, 0.05) is 5.56 Å². The molecule has 0 saturated carbocycles. The van der Waals surface area contributed by atoms with Crippen LogP contribution in [0.2, 0.25) is 0 Å². The fraction of sp³-hybridized carbons (Fsp3) is 0.143. The van der Waals surface area contributed by atoms with E-state index in [1.165, 1.54) is 0 Å². The van der Waals surface area contributed by atoms with E-state index >= 15 is 0 Å². The Morgan fingerprint density at radius 1 is 1.16 bits per heavy atom. The number of hydrogen-bond donors (Lipinski definition) is 1. The third-order valence-corrected chi connectivity index (χ3v) is 2.87. The minimum absolute atomic E-state index is 0.500. The van der Waals surface area contributed by atoms with Crippen LogP contribution in [-0.2, 0) is 6.42 Å². The lowest BCUT2D eigenvalue weighted by Crippen LogP contribution is -2.03. The van der Waals surface area contributed by atoms with Gasteiger partial charge in [-0.05, 0) is 30.7 Å². The minimum Gasteiger partial charge on any atom is -0.472 e. The van der Waals surface area contributed by atoms with Crippen LogP contribution in [0, 0.1) is 0 Å². The van der Waals surface area contributed by atoms with E-state index in [0.717, 1.165) is 23.1 Å². The molecule has 0 aliphatic rings. The van der Waals surface area contributed by atoms with E-state index in [1.807, 2.05) is 24.3 Å². The molecule has 1 aromatic carbocycles. The average molecular weight is 255 g/mol. The lowest BCUT2D eigenvalue weighted by atomic mass is 10.0. The summed E-state index contributed by atoms with van der Waals surface area (Å²) in [6, 6.07) is 9.68. The predicted octanol–water partition coefficient (Wildman–Crippen LogP) is 2.50. The molecule has 0 amide bonds. The van der Waals surface area contributed by atoms with Crippen LogP contribution < -0.4 is 5.73 Å². The molecule has 0 saturated heterocycles. The molecule has 0 fully saturated rings. The van der Waals surface area contributed by atoms with Gasteiger partial charge in [-0.25, -0.2) is 0 Å². The fourth-order valence-electron chi connectivity index (χ4n) is 1.94. The van der Waals surface area contributed by atoms with E-state index in [4.69, 9.17) is 14.7 Å². The van der Waals surface area contributed by atoms with E-state index in [0.29, 0.717) is 18.3 Å². The van der Waals surface area contributed by atoms with Crippen LogP contribution in [0.5, 0.6) is 0 Å². The Bertz CT molecular complexity index is 659. The molecule has 0 spiro atoms. The highest BCUT2D eigenvalue weighted by molar-refractivity contribution is 5.62. The van der Waals surface area contributed by atoms with Gasteiger partial charge in [0.15, 0.2) is 0 Å². The highest BCUT2D eigenvalue weighted by Crippen LogP contribution is 2.25. The number of rotatable bonds is 4. The van der Waals surface area contributed by atoms with Crippen molar-refractivity contribution >= 4 is 0 Å². The Labute approximate surface area is 110 Å². The number of aromatic nitrogens is 2. The van der Waals surface area contributed by atoms with Crippen LogP contribution in [0.1, 0.15) is 5.56 Å². The molecule has 5 nitrogen and oxygen atoms in total. The summed E-state index contributed by atoms with van der Waals surface area (Å²) in [4.78, 5) is 4.39. The second kappa shape index (κ2) is 5.07. The standard InChI is InChI=1S/C14H13N3O2/c15-7-5-10-3-1-2-4-12(10)14-16-13(17-19-14)11-6-8-18-9-11/h1-4,6,8-9H,5,7,15H2. The van der Waals surface area contributed by atoms with Crippen molar-refractivity contribution in [3.63, 3.8) is 0 Å². The lowest BCUT2D eigenvalue weighted by molar-refractivity contribution is 0.432. The van der Waals surface area contributed by atoms with E-state index in [2.05, 4.69) is 10.1 Å². The third kappa shape index (κ3) is 2.28. The van der Waals surface area contributed by atoms with Gasteiger partial charge in [0.2, 0.25) is 5.82 Å². The molecule has 2 heterocycles. The van der Waals surface area contributed by atoms with Crippen LogP contribution in [0.3, 0.4) is 0 Å². The Morgan fingerprint density at radius 3 is 2.84 bits per heavy atom. The van der Waals surface area contributed by atoms with E-state index < -0.39 is 0 Å². The molecule has 3 aromatic rings. The maximum atomic E-state index is 5.61. The zero-order chi connectivity index (χ0) is 13.1. The average Bonchev–Trinajstić information content (AvgIpc) is 3.11. The van der Waals surface area contributed by atoms with Crippen molar-refractivity contribution in [3.8, 4) is 22.8 Å². The van der Waals surface area contributed by atoms with E-state index in [9.17, 15) is 0 Å². The van der Waals surface area contributed by atoms with Crippen molar-refractivity contribution < 1.29 is 8.94 Å². The first kappa shape index (κ1) is 11.7. The van der Waals surface area contributed by atoms with Crippen molar-refractivity contribution in [2.75, 3.05) is 6.54 Å². The van der Waals surface area contributed by atoms with Gasteiger partial charge in [-0.1, -0.05) is 23.4 Å². The molecule has 19 heavy (non-hydrogen) atoms. The molecular formula is C14H13N3O2. The quantitative estimate of drug-likeness (QED) is 0.774. The summed E-state index contributed by atoms with van der Waals surface area (Å²) >= 11 is 0. The number of nitrogens with zero attached hydrogens (tertiary/aromatic N) is 2. The van der Waals surface area contributed by atoms with Crippen LogP contribution in [0.4, 0.5) is 0 Å². The van der Waals surface area contributed by atoms with Crippen molar-refractivity contribution in [2.45, 2.75) is 6.42 Å². The van der Waals surface area contributed by atoms with Crippen LogP contribution in [-0.4, -0.2) is 16.7 Å². The summed E-state index contributed by atoms with van der Waals surface area (Å²) in [5.41, 5.74) is 8.44. The summed E-state index contributed by atoms with van der Waals surface area (Å²) in [5.74, 6) is 1.02. The minimum atomic E-state index is 0.500. The van der Waals surface area contributed by atoms with E-state index in [1.54, 1.807) is 18.6 Å². The zero-order valence-electron chi connectivity index (χ0n) is 10.2. The molecule has 0 aliphatic carbocycles. The Kier molecular flexibility index (Phi) is 3.12. The highest BCUT2D eigenvalue weighted by atomic mass is 16.5. The molecule has 96 valence electrons. The summed E-state index contributed by atoms with van der Waals surface area (Å²) in [7, 11) is 0. The summed E-state index contributed by atoms with van der Waals surface area (Å²) < 4.78 is 10.3. The molecule has 0 radical (unpaired) electrons.